The third-order valence-electron chi connectivity index (χ3n) is 1.15. The lowest BCUT2D eigenvalue weighted by Gasteiger charge is -1.98. The van der Waals surface area contributed by atoms with Crippen LogP contribution in [0, 0.1) is 19.7 Å². The molecule has 3 nitrogen and oxygen atoms in total. The van der Waals surface area contributed by atoms with E-state index in [0.29, 0.717) is 11.5 Å². The average Bonchev–Trinajstić information content (AvgIpc) is 1.82. The van der Waals surface area contributed by atoms with Crippen molar-refractivity contribution >= 4 is 5.82 Å². The Kier molecular flexibility index (Phi) is 1.53. The molecule has 0 amide bonds. The van der Waals surface area contributed by atoms with Gasteiger partial charge in [0.1, 0.15) is 5.82 Å². The summed E-state index contributed by atoms with van der Waals surface area (Å²) < 4.78 is 12.7. The highest BCUT2D eigenvalue weighted by Crippen LogP contribution is 2.08. The second-order valence-electron chi connectivity index (χ2n) is 2.06. The van der Waals surface area contributed by atoms with Gasteiger partial charge in [-0.3, -0.25) is 0 Å². The lowest BCUT2D eigenvalue weighted by Crippen LogP contribution is -2.02. The van der Waals surface area contributed by atoms with Crippen molar-refractivity contribution < 1.29 is 4.39 Å². The lowest BCUT2D eigenvalue weighted by molar-refractivity contribution is 0.605. The topological polar surface area (TPSA) is 51.8 Å². The average molecular weight is 141 g/mol. The van der Waals surface area contributed by atoms with Crippen molar-refractivity contribution in [2.45, 2.75) is 13.8 Å². The van der Waals surface area contributed by atoms with Crippen LogP contribution in [0.1, 0.15) is 11.5 Å². The predicted molar refractivity (Wildman–Crippen MR) is 35.9 cm³/mol. The van der Waals surface area contributed by atoms with Crippen LogP contribution in [-0.4, -0.2) is 9.97 Å². The first kappa shape index (κ1) is 6.92. The number of rotatable bonds is 0. The summed E-state index contributed by atoms with van der Waals surface area (Å²) in [6.45, 7) is 3.23. The Morgan fingerprint density at radius 3 is 2.40 bits per heavy atom. The summed E-state index contributed by atoms with van der Waals surface area (Å²) in [4.78, 5) is 7.39. The summed E-state index contributed by atoms with van der Waals surface area (Å²) in [5.41, 5.74) is 5.49. The number of nitrogens with zero attached hydrogens (tertiary/aromatic N) is 2. The molecule has 0 fully saturated rings. The zero-order chi connectivity index (χ0) is 7.72. The van der Waals surface area contributed by atoms with E-state index in [2.05, 4.69) is 9.97 Å². The minimum Gasteiger partial charge on any atom is -0.381 e. The van der Waals surface area contributed by atoms with Crippen LogP contribution in [0.4, 0.5) is 10.2 Å². The van der Waals surface area contributed by atoms with E-state index >= 15 is 0 Å². The van der Waals surface area contributed by atoms with Crippen LogP contribution in [0.3, 0.4) is 0 Å². The molecule has 4 heteroatoms. The normalized spacial score (nSPS) is 9.90. The Morgan fingerprint density at radius 2 is 1.90 bits per heavy atom. The highest BCUT2D eigenvalue weighted by molar-refractivity contribution is 5.31. The zero-order valence-electron chi connectivity index (χ0n) is 5.85. The second kappa shape index (κ2) is 2.21. The molecule has 0 bridgehead atoms. The summed E-state index contributed by atoms with van der Waals surface area (Å²) in [6, 6.07) is 0. The predicted octanol–water partition coefficient (Wildman–Crippen LogP) is 0.815. The fourth-order valence-electron chi connectivity index (χ4n) is 0.726. The number of nitrogens with two attached hydrogens (primary N) is 1. The molecule has 54 valence electrons. The van der Waals surface area contributed by atoms with Gasteiger partial charge in [-0.15, -0.1) is 0 Å². The van der Waals surface area contributed by atoms with Crippen molar-refractivity contribution in [3.63, 3.8) is 0 Å². The summed E-state index contributed by atoms with van der Waals surface area (Å²) in [7, 11) is 0. The van der Waals surface area contributed by atoms with Crippen molar-refractivity contribution in [3.05, 3.63) is 17.3 Å². The zero-order valence-corrected chi connectivity index (χ0v) is 5.85. The van der Waals surface area contributed by atoms with Crippen LogP contribution in [0.5, 0.6) is 0 Å². The SMILES string of the molecule is Cc1nc(C)c(F)c(N)n1. The standard InChI is InChI=1S/C6H8FN3/c1-3-5(7)6(8)10-4(2)9-3/h1-2H3,(H2,8,9,10). The Hall–Kier alpha value is -1.19. The highest BCUT2D eigenvalue weighted by atomic mass is 19.1. The van der Waals surface area contributed by atoms with Crippen LogP contribution in [0.2, 0.25) is 0 Å². The van der Waals surface area contributed by atoms with Gasteiger partial charge in [-0.05, 0) is 13.8 Å². The maximum absolute atomic E-state index is 12.7. The third-order valence-corrected chi connectivity index (χ3v) is 1.15. The Bertz CT molecular complexity index is 236. The van der Waals surface area contributed by atoms with Crippen molar-refractivity contribution in [2.24, 2.45) is 0 Å². The third kappa shape index (κ3) is 1.05. The number of halogens is 1. The van der Waals surface area contributed by atoms with E-state index in [1.807, 2.05) is 0 Å². The quantitative estimate of drug-likeness (QED) is 0.581. The van der Waals surface area contributed by atoms with Gasteiger partial charge in [-0.1, -0.05) is 0 Å². The Balaban J connectivity index is 3.31. The molecule has 1 rings (SSSR count). The second-order valence-corrected chi connectivity index (χ2v) is 2.06. The molecular formula is C6H8FN3. The number of aromatic nitrogens is 2. The molecule has 0 aliphatic rings. The van der Waals surface area contributed by atoms with E-state index in [1.54, 1.807) is 13.8 Å². The Labute approximate surface area is 58.1 Å². The van der Waals surface area contributed by atoms with E-state index in [4.69, 9.17) is 5.73 Å². The van der Waals surface area contributed by atoms with E-state index in [1.165, 1.54) is 0 Å². The molecule has 0 saturated heterocycles. The molecule has 1 aromatic heterocycles. The smallest absolute Gasteiger partial charge is 0.186 e. The summed E-state index contributed by atoms with van der Waals surface area (Å²) in [5.74, 6) is -0.105. The molecule has 0 aliphatic carbocycles. The molecule has 0 unspecified atom stereocenters. The largest absolute Gasteiger partial charge is 0.381 e. The van der Waals surface area contributed by atoms with Crippen molar-refractivity contribution in [1.82, 2.24) is 9.97 Å². The van der Waals surface area contributed by atoms with Crippen LogP contribution < -0.4 is 5.73 Å². The maximum Gasteiger partial charge on any atom is 0.186 e. The molecular weight excluding hydrogens is 133 g/mol. The number of nitrogen functional groups attached to an aromatic ring is 1. The van der Waals surface area contributed by atoms with Gasteiger partial charge in [0.25, 0.3) is 0 Å². The molecule has 0 aromatic carbocycles. The summed E-state index contributed by atoms with van der Waals surface area (Å²) in [6.07, 6.45) is 0. The Morgan fingerprint density at radius 1 is 1.30 bits per heavy atom. The van der Waals surface area contributed by atoms with Gasteiger partial charge >= 0.3 is 0 Å². The highest BCUT2D eigenvalue weighted by Gasteiger charge is 2.04. The van der Waals surface area contributed by atoms with Crippen LogP contribution in [-0.2, 0) is 0 Å². The molecule has 10 heavy (non-hydrogen) atoms. The van der Waals surface area contributed by atoms with Crippen LogP contribution >= 0.6 is 0 Å². The first-order valence-electron chi connectivity index (χ1n) is 2.87. The lowest BCUT2D eigenvalue weighted by atomic mass is 10.4. The fourth-order valence-corrected chi connectivity index (χ4v) is 0.726. The molecule has 0 radical (unpaired) electrons. The summed E-state index contributed by atoms with van der Waals surface area (Å²) in [5, 5.41) is 0. The van der Waals surface area contributed by atoms with Crippen molar-refractivity contribution in [1.29, 1.82) is 0 Å². The molecule has 0 saturated carbocycles. The first-order chi connectivity index (χ1) is 4.61. The van der Waals surface area contributed by atoms with Crippen molar-refractivity contribution in [2.75, 3.05) is 5.73 Å². The number of hydrogen-bond acceptors (Lipinski definition) is 3. The number of hydrogen-bond donors (Lipinski definition) is 1. The van der Waals surface area contributed by atoms with E-state index in [0.717, 1.165) is 0 Å². The molecule has 1 heterocycles. The number of aryl methyl sites for hydroxylation is 2. The van der Waals surface area contributed by atoms with Gasteiger partial charge in [0.2, 0.25) is 0 Å². The number of anilines is 1. The van der Waals surface area contributed by atoms with Gasteiger partial charge < -0.3 is 5.73 Å². The van der Waals surface area contributed by atoms with Gasteiger partial charge in [0.15, 0.2) is 11.6 Å². The molecule has 0 aliphatic heterocycles. The van der Waals surface area contributed by atoms with Crippen LogP contribution in [0.15, 0.2) is 0 Å². The van der Waals surface area contributed by atoms with Gasteiger partial charge in [0.05, 0.1) is 5.69 Å². The minimum atomic E-state index is -0.523. The van der Waals surface area contributed by atoms with Gasteiger partial charge in [0, 0.05) is 0 Å². The molecule has 0 spiro atoms. The fraction of sp³-hybridized carbons (Fsp3) is 0.333. The van der Waals surface area contributed by atoms with Crippen LogP contribution in [0.25, 0.3) is 0 Å². The van der Waals surface area contributed by atoms with Gasteiger partial charge in [-0.25, -0.2) is 14.4 Å². The monoisotopic (exact) mass is 141 g/mol. The molecule has 2 N–H and O–H groups in total. The van der Waals surface area contributed by atoms with E-state index in [9.17, 15) is 4.39 Å². The van der Waals surface area contributed by atoms with E-state index in [-0.39, 0.29) is 5.82 Å². The van der Waals surface area contributed by atoms with Gasteiger partial charge in [-0.2, -0.15) is 0 Å². The minimum absolute atomic E-state index is 0.0787. The molecule has 0 atom stereocenters. The molecule has 1 aromatic rings. The maximum atomic E-state index is 12.7. The van der Waals surface area contributed by atoms with E-state index < -0.39 is 5.82 Å². The van der Waals surface area contributed by atoms with Crippen molar-refractivity contribution in [3.8, 4) is 0 Å². The summed E-state index contributed by atoms with van der Waals surface area (Å²) >= 11 is 0. The first-order valence-corrected chi connectivity index (χ1v) is 2.87.